The van der Waals surface area contributed by atoms with Crippen molar-refractivity contribution in [3.8, 4) is 0 Å². The summed E-state index contributed by atoms with van der Waals surface area (Å²) in [6, 6.07) is -1.07. The summed E-state index contributed by atoms with van der Waals surface area (Å²) in [4.78, 5) is 51.9. The lowest BCUT2D eigenvalue weighted by Gasteiger charge is -2.55. The van der Waals surface area contributed by atoms with Crippen molar-refractivity contribution in [2.75, 3.05) is 31.7 Å². The average Bonchev–Trinajstić information content (AvgIpc) is 2.85. The number of amides is 2. The lowest BCUT2D eigenvalue weighted by atomic mass is 9.98. The summed E-state index contributed by atoms with van der Waals surface area (Å²) in [5.74, 6) is -2.84. The third-order valence-corrected chi connectivity index (χ3v) is 9.16. The molecule has 3 atom stereocenters. The molecule has 0 aromatic rings. The third kappa shape index (κ3) is 5.93. The summed E-state index contributed by atoms with van der Waals surface area (Å²) >= 11 is 8.24. The van der Waals surface area contributed by atoms with E-state index in [9.17, 15) is 24.3 Å². The van der Waals surface area contributed by atoms with Crippen LogP contribution in [0, 0.1) is 0 Å². The Labute approximate surface area is 217 Å². The second kappa shape index (κ2) is 11.9. The Hall–Kier alpha value is -1.87. The Bertz CT molecular complexity index is 925. The van der Waals surface area contributed by atoms with Gasteiger partial charge in [0.1, 0.15) is 21.4 Å². The van der Waals surface area contributed by atoms with Gasteiger partial charge in [0.05, 0.1) is 0 Å². The highest BCUT2D eigenvalue weighted by atomic mass is 32.2. The van der Waals surface area contributed by atoms with E-state index in [1.165, 1.54) is 42.0 Å². The van der Waals surface area contributed by atoms with E-state index in [4.69, 9.17) is 27.8 Å². The molecule has 3 rings (SSSR count). The monoisotopic (exact) mass is 546 g/mol. The highest BCUT2D eigenvalue weighted by molar-refractivity contribution is 8.23. The van der Waals surface area contributed by atoms with Crippen molar-refractivity contribution in [1.29, 1.82) is 0 Å². The number of carboxylic acid groups (broad SMARTS) is 2. The normalized spacial score (nSPS) is 25.0. The zero-order valence-electron chi connectivity index (χ0n) is 19.4. The number of nitrogens with two attached hydrogens (primary N) is 1. The minimum Gasteiger partial charge on any atom is -0.480 e. The number of likely N-dealkylation sites (tertiary alicyclic amines) is 1. The van der Waals surface area contributed by atoms with Crippen LogP contribution in [0.15, 0.2) is 11.3 Å². The molecule has 0 saturated carbocycles. The van der Waals surface area contributed by atoms with Crippen LogP contribution in [0.5, 0.6) is 0 Å². The van der Waals surface area contributed by atoms with Crippen LogP contribution < -0.4 is 11.1 Å². The van der Waals surface area contributed by atoms with E-state index >= 15 is 0 Å². The van der Waals surface area contributed by atoms with Crippen molar-refractivity contribution in [1.82, 2.24) is 15.1 Å². The van der Waals surface area contributed by atoms with E-state index in [0.717, 1.165) is 30.3 Å². The number of carbonyl (C=O) groups excluding carboxylic acids is 2. The van der Waals surface area contributed by atoms with Gasteiger partial charge in [-0.1, -0.05) is 24.0 Å². The number of ether oxygens (including phenoxy) is 1. The van der Waals surface area contributed by atoms with Gasteiger partial charge in [-0.15, -0.1) is 11.8 Å². The lowest BCUT2D eigenvalue weighted by Crippen LogP contribution is -2.80. The number of hydrogen-bond acceptors (Lipinski definition) is 9. The zero-order chi connectivity index (χ0) is 25.8. The molecule has 3 aliphatic heterocycles. The van der Waals surface area contributed by atoms with Gasteiger partial charge in [0, 0.05) is 38.1 Å². The Balaban J connectivity index is 1.66. The molecule has 11 nitrogen and oxygen atoms in total. The highest BCUT2D eigenvalue weighted by Crippen LogP contribution is 2.47. The number of thiocarbonyl (C=S) groups is 1. The Morgan fingerprint density at radius 3 is 2.60 bits per heavy atom. The number of carboxylic acids is 2. The number of nitrogens with one attached hydrogen (secondary N) is 1. The summed E-state index contributed by atoms with van der Waals surface area (Å²) in [6.07, 6.45) is 3.62. The Morgan fingerprint density at radius 2 is 2.00 bits per heavy atom. The molecule has 5 N–H and O–H groups in total. The molecule has 3 aliphatic rings. The molecule has 0 aliphatic carbocycles. The van der Waals surface area contributed by atoms with Crippen LogP contribution in [-0.4, -0.2) is 96.9 Å². The van der Waals surface area contributed by atoms with E-state index in [1.54, 1.807) is 0 Å². The van der Waals surface area contributed by atoms with E-state index in [2.05, 4.69) is 10.2 Å². The largest absolute Gasteiger partial charge is 0.480 e. The molecule has 0 spiro atoms. The van der Waals surface area contributed by atoms with Gasteiger partial charge in [-0.05, 0) is 37.7 Å². The van der Waals surface area contributed by atoms with Crippen LogP contribution in [0.3, 0.4) is 0 Å². The van der Waals surface area contributed by atoms with E-state index in [0.29, 0.717) is 17.1 Å². The molecule has 2 fully saturated rings. The van der Waals surface area contributed by atoms with Gasteiger partial charge >= 0.3 is 11.9 Å². The maximum atomic E-state index is 13.1. The average molecular weight is 547 g/mol. The summed E-state index contributed by atoms with van der Waals surface area (Å²) in [5.41, 5.74) is 4.27. The number of fused-ring (bicyclic) bond motifs is 1. The second-order valence-corrected chi connectivity index (χ2v) is 11.2. The number of rotatable bonds is 10. The van der Waals surface area contributed by atoms with Gasteiger partial charge in [0.2, 0.25) is 5.91 Å². The first-order valence-corrected chi connectivity index (χ1v) is 13.7. The summed E-state index contributed by atoms with van der Waals surface area (Å²) in [7, 11) is 1.28. The fourth-order valence-corrected chi connectivity index (χ4v) is 7.08. The van der Waals surface area contributed by atoms with E-state index in [1.807, 2.05) is 0 Å². The molecule has 2 amide bonds. The maximum absolute atomic E-state index is 13.1. The SMILES string of the molecule is CO[C@@]1(NC(=O)CCCC(N)C(=O)O)C(=O)N2C(C(=O)O)=C(CSC(=S)N3CCCCC3)CS[C@H]21. The molecule has 35 heavy (non-hydrogen) atoms. The minimum atomic E-state index is -1.68. The molecular formula is C21H30N4O7S3. The topological polar surface area (TPSA) is 162 Å². The first-order valence-electron chi connectivity index (χ1n) is 11.3. The number of carbonyl (C=O) groups is 4. The number of thioether (sulfide) groups is 2. The van der Waals surface area contributed by atoms with Gasteiger partial charge < -0.3 is 30.9 Å². The van der Waals surface area contributed by atoms with Crippen LogP contribution in [0.4, 0.5) is 0 Å². The van der Waals surface area contributed by atoms with Crippen LogP contribution in [0.25, 0.3) is 0 Å². The molecule has 3 heterocycles. The first kappa shape index (κ1) is 27.7. The maximum Gasteiger partial charge on any atom is 0.352 e. The molecular weight excluding hydrogens is 516 g/mol. The third-order valence-electron chi connectivity index (χ3n) is 6.18. The number of piperidine rings is 1. The summed E-state index contributed by atoms with van der Waals surface area (Å²) < 4.78 is 6.15. The number of β-lactam (4-membered cyclic amide) rings is 1. The molecule has 0 aromatic heterocycles. The zero-order valence-corrected chi connectivity index (χ0v) is 21.8. The van der Waals surface area contributed by atoms with Crippen molar-refractivity contribution >= 4 is 63.8 Å². The van der Waals surface area contributed by atoms with Crippen molar-refractivity contribution in [2.45, 2.75) is 55.7 Å². The van der Waals surface area contributed by atoms with Crippen LogP contribution in [-0.2, 0) is 23.9 Å². The molecule has 0 aromatic carbocycles. The first-order chi connectivity index (χ1) is 16.6. The quantitative estimate of drug-likeness (QED) is 0.173. The van der Waals surface area contributed by atoms with Gasteiger partial charge in [-0.3, -0.25) is 19.3 Å². The molecule has 2 saturated heterocycles. The number of aliphatic carboxylic acids is 2. The fraction of sp³-hybridized carbons (Fsp3) is 0.667. The van der Waals surface area contributed by atoms with Gasteiger partial charge in [-0.25, -0.2) is 4.79 Å². The second-order valence-electron chi connectivity index (χ2n) is 8.52. The van der Waals surface area contributed by atoms with E-state index in [-0.39, 0.29) is 25.0 Å². The number of methoxy groups -OCH3 is 1. The predicted molar refractivity (Wildman–Crippen MR) is 136 cm³/mol. The smallest absolute Gasteiger partial charge is 0.352 e. The summed E-state index contributed by atoms with van der Waals surface area (Å²) in [6.45, 7) is 1.80. The van der Waals surface area contributed by atoms with Crippen molar-refractivity contribution in [3.63, 3.8) is 0 Å². The lowest BCUT2D eigenvalue weighted by molar-refractivity contribution is -0.192. The van der Waals surface area contributed by atoms with Crippen molar-refractivity contribution in [3.05, 3.63) is 11.3 Å². The minimum absolute atomic E-state index is 0.0474. The molecule has 194 valence electrons. The van der Waals surface area contributed by atoms with Gasteiger partial charge in [-0.2, -0.15) is 0 Å². The summed E-state index contributed by atoms with van der Waals surface area (Å²) in [5, 5.41) is 20.6. The fourth-order valence-electron chi connectivity index (χ4n) is 4.25. The highest BCUT2D eigenvalue weighted by Gasteiger charge is 2.66. The molecule has 14 heteroatoms. The van der Waals surface area contributed by atoms with Crippen LogP contribution in [0.1, 0.15) is 38.5 Å². The van der Waals surface area contributed by atoms with E-state index < -0.39 is 40.9 Å². The number of hydrogen-bond donors (Lipinski definition) is 4. The van der Waals surface area contributed by atoms with Crippen molar-refractivity contribution < 1.29 is 34.1 Å². The molecule has 1 unspecified atom stereocenters. The van der Waals surface area contributed by atoms with Gasteiger partial charge in [0.15, 0.2) is 0 Å². The predicted octanol–water partition coefficient (Wildman–Crippen LogP) is 0.785. The molecule has 0 radical (unpaired) electrons. The molecule has 0 bridgehead atoms. The Kier molecular flexibility index (Phi) is 9.43. The van der Waals surface area contributed by atoms with Crippen LogP contribution in [0.2, 0.25) is 0 Å². The Morgan fingerprint density at radius 1 is 1.31 bits per heavy atom. The van der Waals surface area contributed by atoms with Gasteiger partial charge in [0.25, 0.3) is 11.6 Å². The van der Waals surface area contributed by atoms with Crippen molar-refractivity contribution in [2.24, 2.45) is 5.73 Å². The number of nitrogens with zero attached hydrogens (tertiary/aromatic N) is 2. The standard InChI is InChI=1S/C21H30N4O7S3/c1-32-21(23-14(26)7-5-6-13(22)16(27)28)18(31)25-15(17(29)30)12(10-34-19(21)25)11-35-20(33)24-8-3-2-4-9-24/h13,19H,2-11,22H2,1H3,(H,23,26)(H,27,28)(H,29,30)/t13?,19-,21-/m0/s1. The van der Waals surface area contributed by atoms with Crippen LogP contribution >= 0.6 is 35.7 Å².